The molecule has 0 aromatic rings. The summed E-state index contributed by atoms with van der Waals surface area (Å²) in [6.45, 7) is 0. The molecule has 0 aliphatic rings. The van der Waals surface area contributed by atoms with Gasteiger partial charge < -0.3 is 0 Å². The number of rotatable bonds is 2. The van der Waals surface area contributed by atoms with E-state index >= 15 is 0 Å². The summed E-state index contributed by atoms with van der Waals surface area (Å²) in [5.41, 5.74) is 0. The zero-order chi connectivity index (χ0) is 12.3. The Morgan fingerprint density at radius 1 is 0.800 bits per heavy atom. The van der Waals surface area contributed by atoms with Gasteiger partial charge in [-0.25, -0.2) is 0 Å². The molecule has 0 atom stereocenters. The maximum atomic E-state index is 11.4. The summed E-state index contributed by atoms with van der Waals surface area (Å²) in [6, 6.07) is 0. The van der Waals surface area contributed by atoms with Crippen LogP contribution >= 0.6 is 0 Å². The van der Waals surface area contributed by atoms with Crippen molar-refractivity contribution in [3.8, 4) is 0 Å². The molecule has 0 aliphatic heterocycles. The van der Waals surface area contributed by atoms with E-state index in [1.807, 2.05) is 0 Å². The van der Waals surface area contributed by atoms with Crippen molar-refractivity contribution < 1.29 is 81.6 Å². The number of alkyl halides is 6. The molecule has 0 unspecified atom stereocenters. The van der Waals surface area contributed by atoms with Gasteiger partial charge in [0.25, 0.3) is 0 Å². The third-order valence-electron chi connectivity index (χ3n) is 0.653. The fourth-order valence-electron chi connectivity index (χ4n) is 0.150. The molecule has 0 saturated heterocycles. The Balaban J connectivity index is 3.92. The second-order valence-corrected chi connectivity index (χ2v) is 2.93. The van der Waals surface area contributed by atoms with Crippen LogP contribution in [-0.4, -0.2) is 24.3 Å². The quantitative estimate of drug-likeness (QED) is 0.695. The van der Waals surface area contributed by atoms with Crippen LogP contribution in [0.1, 0.15) is 0 Å². The summed E-state index contributed by atoms with van der Waals surface area (Å²) in [7, 11) is 0. The summed E-state index contributed by atoms with van der Waals surface area (Å²) >= 11 is -2.55. The summed E-state index contributed by atoms with van der Waals surface area (Å²) < 4.78 is 74.8. The third-order valence-corrected chi connectivity index (χ3v) is 1.74. The fourth-order valence-corrected chi connectivity index (χ4v) is 1.01. The summed E-state index contributed by atoms with van der Waals surface area (Å²) in [5, 5.41) is 0. The first-order valence-corrected chi connectivity index (χ1v) is 4.39. The van der Waals surface area contributed by atoms with Gasteiger partial charge in [-0.2, -0.15) is 0 Å². The van der Waals surface area contributed by atoms with E-state index in [0.717, 1.165) is 0 Å². The van der Waals surface area contributed by atoms with Crippen LogP contribution in [0.4, 0.5) is 26.3 Å². The molecule has 4 nitrogen and oxygen atoms in total. The minimum atomic E-state index is -5.33. The van der Waals surface area contributed by atoms with Crippen molar-refractivity contribution in [3.05, 3.63) is 0 Å². The molecule has 0 aliphatic carbocycles. The molecule has 0 bridgehead atoms. The standard InChI is InChI=1S/C4F6O4Xe/c5-3(6,7)1(11)13-15-14-2(12)4(8,9)10. The van der Waals surface area contributed by atoms with Gasteiger partial charge in [-0.05, 0) is 0 Å². The first kappa shape index (κ1) is 15.1. The number of hydrogen-bond donors (Lipinski definition) is 0. The van der Waals surface area contributed by atoms with Gasteiger partial charge in [0.15, 0.2) is 0 Å². The van der Waals surface area contributed by atoms with E-state index in [1.54, 1.807) is 0 Å². The first-order chi connectivity index (χ1) is 6.55. The number of halogens is 6. The second kappa shape index (κ2) is 5.43. The average Bonchev–Trinajstić information content (AvgIpc) is 2.00. The van der Waals surface area contributed by atoms with E-state index in [1.165, 1.54) is 0 Å². The van der Waals surface area contributed by atoms with Crippen molar-refractivity contribution in [2.24, 2.45) is 0 Å². The van der Waals surface area contributed by atoms with Gasteiger partial charge in [-0.1, -0.05) is 0 Å². The Bertz CT molecular complexity index is 231. The predicted molar refractivity (Wildman–Crippen MR) is 24.3 cm³/mol. The number of hydrogen-bond acceptors (Lipinski definition) is 4. The third kappa shape index (κ3) is 6.29. The Labute approximate surface area is 105 Å². The van der Waals surface area contributed by atoms with Crippen molar-refractivity contribution in [1.29, 1.82) is 0 Å². The molecule has 0 heterocycles. The van der Waals surface area contributed by atoms with Crippen LogP contribution in [0, 0.1) is 45.5 Å². The molecule has 0 spiro atoms. The van der Waals surface area contributed by atoms with Crippen molar-refractivity contribution >= 4 is 11.9 Å². The molecule has 0 saturated carbocycles. The van der Waals surface area contributed by atoms with Crippen LogP contribution in [0.15, 0.2) is 0 Å². The van der Waals surface area contributed by atoms with Gasteiger partial charge in [0.1, 0.15) is 0 Å². The van der Waals surface area contributed by atoms with Crippen molar-refractivity contribution in [3.63, 3.8) is 0 Å². The van der Waals surface area contributed by atoms with Gasteiger partial charge in [0.05, 0.1) is 0 Å². The van der Waals surface area contributed by atoms with Crippen LogP contribution < -0.4 is 0 Å². The van der Waals surface area contributed by atoms with Crippen molar-refractivity contribution in [1.82, 2.24) is 0 Å². The van der Waals surface area contributed by atoms with E-state index < -0.39 is 69.8 Å². The summed E-state index contributed by atoms with van der Waals surface area (Å²) in [4.78, 5) is 19.8. The summed E-state index contributed by atoms with van der Waals surface area (Å²) in [5.74, 6) is -5.42. The molecular formula is C4F6O4Xe. The minimum absolute atomic E-state index is 2.55. The Morgan fingerprint density at radius 2 is 1.07 bits per heavy atom. The molecule has 15 heavy (non-hydrogen) atoms. The van der Waals surface area contributed by atoms with E-state index in [-0.39, 0.29) is 0 Å². The molecular weight excluding hydrogens is 357 g/mol. The Morgan fingerprint density at radius 3 is 1.27 bits per heavy atom. The molecule has 0 amide bonds. The molecule has 0 aromatic heterocycles. The SMILES string of the molecule is O=C(O[Xe]OC(=O)C(F)(F)F)C(F)(F)F. The van der Waals surface area contributed by atoms with Gasteiger partial charge in [-0.15, -0.1) is 0 Å². The monoisotopic (exact) mass is 358 g/mol. The van der Waals surface area contributed by atoms with Crippen LogP contribution in [0.2, 0.25) is 0 Å². The van der Waals surface area contributed by atoms with Crippen LogP contribution in [-0.2, 0) is 9.70 Å². The van der Waals surface area contributed by atoms with Crippen molar-refractivity contribution in [2.45, 2.75) is 12.4 Å². The second-order valence-electron chi connectivity index (χ2n) is 1.77. The normalized spacial score (nSPS) is 12.4. The van der Waals surface area contributed by atoms with Crippen LogP contribution in [0.5, 0.6) is 0 Å². The van der Waals surface area contributed by atoms with Crippen LogP contribution in [0.25, 0.3) is 0 Å². The first-order valence-electron chi connectivity index (χ1n) is 2.74. The van der Waals surface area contributed by atoms with Gasteiger partial charge in [0, 0.05) is 0 Å². The zero-order valence-electron chi connectivity index (χ0n) is 6.25. The molecule has 0 radical (unpaired) electrons. The molecule has 0 N–H and O–H groups in total. The topological polar surface area (TPSA) is 52.6 Å². The molecule has 90 valence electrons. The summed E-state index contributed by atoms with van der Waals surface area (Å²) in [6.07, 6.45) is -10.7. The van der Waals surface area contributed by atoms with E-state index in [2.05, 4.69) is 0.114 Å². The molecule has 0 fully saturated rings. The van der Waals surface area contributed by atoms with Crippen molar-refractivity contribution in [2.75, 3.05) is 0 Å². The number of carbonyl (C=O) groups excluding carboxylic acids is 2. The Hall–Kier alpha value is 0.0914. The van der Waals surface area contributed by atoms with Gasteiger partial charge in [-0.3, -0.25) is 0 Å². The molecule has 0 rings (SSSR count). The van der Waals surface area contributed by atoms with E-state index in [4.69, 9.17) is 0 Å². The van der Waals surface area contributed by atoms with Crippen LogP contribution in [0.3, 0.4) is 0 Å². The zero-order valence-corrected chi connectivity index (χ0v) is 8.27. The van der Waals surface area contributed by atoms with E-state index in [0.29, 0.717) is 0 Å². The fraction of sp³-hybridized carbons (Fsp3) is 0.500. The van der Waals surface area contributed by atoms with Gasteiger partial charge >= 0.3 is 106 Å². The van der Waals surface area contributed by atoms with E-state index in [9.17, 15) is 35.9 Å². The molecule has 11 heteroatoms. The molecule has 0 aromatic carbocycles. The Kier molecular flexibility index (Phi) is 5.46. The maximum absolute atomic E-state index is 11.4. The number of carbonyl (C=O) groups is 2. The predicted octanol–water partition coefficient (Wildman–Crippen LogP) is 1.11. The average molecular weight is 357 g/mol. The van der Waals surface area contributed by atoms with Gasteiger partial charge in [0.2, 0.25) is 0 Å².